The van der Waals surface area contributed by atoms with Gasteiger partial charge in [0.1, 0.15) is 13.2 Å². The quantitative estimate of drug-likeness (QED) is 0.282. The number of ether oxygens (including phenoxy) is 2. The second kappa shape index (κ2) is 9.55. The van der Waals surface area contributed by atoms with Gasteiger partial charge in [0.25, 0.3) is 0 Å². The van der Waals surface area contributed by atoms with Crippen molar-refractivity contribution < 1.29 is 14.3 Å². The van der Waals surface area contributed by atoms with E-state index < -0.39 is 0 Å². The normalized spacial score (nSPS) is 10.1. The number of nitriles is 1. The average molecular weight is 446 g/mol. The fraction of sp³-hybridized carbons (Fsp3) is 0.158. The van der Waals surface area contributed by atoms with E-state index in [1.54, 1.807) is 25.5 Å². The number of benzene rings is 2. The lowest BCUT2D eigenvalue weighted by molar-refractivity contribution is 0.132. The number of terminal acetylenes is 1. The van der Waals surface area contributed by atoms with E-state index in [4.69, 9.17) is 26.0 Å². The Bertz CT molecular complexity index is 851. The summed E-state index contributed by atoms with van der Waals surface area (Å²) in [5, 5.41) is 13.0. The maximum Gasteiger partial charge on any atom is 0.175 e. The molecule has 6 heteroatoms. The highest BCUT2D eigenvalue weighted by Gasteiger charge is 2.10. The first-order chi connectivity index (χ1) is 12.2. The number of methoxy groups -OCH3 is 1. The Hall–Kier alpha value is -2.71. The zero-order chi connectivity index (χ0) is 18.1. The third kappa shape index (κ3) is 5.13. The summed E-state index contributed by atoms with van der Waals surface area (Å²) >= 11 is 2.14. The van der Waals surface area contributed by atoms with E-state index >= 15 is 0 Å². The lowest BCUT2D eigenvalue weighted by Gasteiger charge is -2.11. The van der Waals surface area contributed by atoms with Crippen molar-refractivity contribution in [2.24, 2.45) is 5.16 Å². The standard InChI is InChI=1S/C19H15IN2O3/c1-3-8-24-19-17(20)9-14(10-18(19)23-2)12-22-25-13-16-7-5-4-6-15(16)11-21/h1,4-7,9-10,12H,8,13H2,2H3/b22-12-. The van der Waals surface area contributed by atoms with Gasteiger partial charge in [-0.2, -0.15) is 5.26 Å². The Morgan fingerprint density at radius 1 is 1.32 bits per heavy atom. The monoisotopic (exact) mass is 446 g/mol. The van der Waals surface area contributed by atoms with Crippen LogP contribution in [0.15, 0.2) is 41.6 Å². The molecule has 0 fully saturated rings. The fourth-order valence-corrected chi connectivity index (χ4v) is 2.81. The number of halogens is 1. The molecular formula is C19H15IN2O3. The van der Waals surface area contributed by atoms with Crippen molar-refractivity contribution in [2.75, 3.05) is 13.7 Å². The smallest absolute Gasteiger partial charge is 0.175 e. The molecule has 0 spiro atoms. The van der Waals surface area contributed by atoms with Gasteiger partial charge in [-0.1, -0.05) is 29.3 Å². The number of nitrogens with zero attached hydrogens (tertiary/aromatic N) is 2. The van der Waals surface area contributed by atoms with Crippen LogP contribution in [0.2, 0.25) is 0 Å². The number of rotatable bonds is 7. The molecule has 0 atom stereocenters. The molecule has 2 rings (SSSR count). The summed E-state index contributed by atoms with van der Waals surface area (Å²) in [5.74, 6) is 3.59. The van der Waals surface area contributed by atoms with Crippen LogP contribution in [0.4, 0.5) is 0 Å². The van der Waals surface area contributed by atoms with E-state index in [0.717, 1.165) is 14.7 Å². The molecule has 5 nitrogen and oxygen atoms in total. The molecule has 25 heavy (non-hydrogen) atoms. The van der Waals surface area contributed by atoms with Gasteiger partial charge in [-0.05, 0) is 40.8 Å². The van der Waals surface area contributed by atoms with Crippen molar-refractivity contribution in [3.8, 4) is 29.9 Å². The number of hydrogen-bond acceptors (Lipinski definition) is 5. The summed E-state index contributed by atoms with van der Waals surface area (Å²) < 4.78 is 11.7. The van der Waals surface area contributed by atoms with Crippen LogP contribution < -0.4 is 9.47 Å². The average Bonchev–Trinajstić information content (AvgIpc) is 2.64. The van der Waals surface area contributed by atoms with E-state index in [-0.39, 0.29) is 13.2 Å². The lowest BCUT2D eigenvalue weighted by atomic mass is 10.1. The molecule has 126 valence electrons. The minimum atomic E-state index is 0.168. The van der Waals surface area contributed by atoms with Gasteiger partial charge < -0.3 is 14.3 Å². The van der Waals surface area contributed by atoms with Crippen LogP contribution >= 0.6 is 22.6 Å². The largest absolute Gasteiger partial charge is 0.493 e. The topological polar surface area (TPSA) is 63.8 Å². The first-order valence-corrected chi connectivity index (χ1v) is 8.34. The molecule has 0 saturated carbocycles. The molecule has 2 aromatic carbocycles. The first kappa shape index (κ1) is 18.6. The van der Waals surface area contributed by atoms with Crippen LogP contribution in [-0.4, -0.2) is 19.9 Å². The molecule has 0 amide bonds. The van der Waals surface area contributed by atoms with Crippen LogP contribution in [0.3, 0.4) is 0 Å². The highest BCUT2D eigenvalue weighted by molar-refractivity contribution is 14.1. The molecule has 0 heterocycles. The molecule has 0 N–H and O–H groups in total. The Kier molecular flexibility index (Phi) is 7.12. The van der Waals surface area contributed by atoms with Crippen molar-refractivity contribution in [2.45, 2.75) is 6.61 Å². The zero-order valence-electron chi connectivity index (χ0n) is 13.5. The van der Waals surface area contributed by atoms with Crippen molar-refractivity contribution >= 4 is 28.8 Å². The van der Waals surface area contributed by atoms with Gasteiger partial charge in [0.15, 0.2) is 11.5 Å². The molecule has 0 saturated heterocycles. The van der Waals surface area contributed by atoms with Gasteiger partial charge in [-0.25, -0.2) is 0 Å². The summed E-state index contributed by atoms with van der Waals surface area (Å²) in [6, 6.07) is 13.0. The predicted molar refractivity (Wildman–Crippen MR) is 104 cm³/mol. The van der Waals surface area contributed by atoms with Crippen molar-refractivity contribution in [3.63, 3.8) is 0 Å². The van der Waals surface area contributed by atoms with E-state index in [1.165, 1.54) is 0 Å². The molecular weight excluding hydrogens is 431 g/mol. The second-order valence-electron chi connectivity index (χ2n) is 4.80. The minimum Gasteiger partial charge on any atom is -0.493 e. The fourth-order valence-electron chi connectivity index (χ4n) is 2.03. The number of oxime groups is 1. The molecule has 0 aliphatic rings. The molecule has 0 aliphatic heterocycles. The lowest BCUT2D eigenvalue weighted by Crippen LogP contribution is -2.00. The van der Waals surface area contributed by atoms with Gasteiger partial charge in [0.05, 0.1) is 28.5 Å². The first-order valence-electron chi connectivity index (χ1n) is 7.26. The second-order valence-corrected chi connectivity index (χ2v) is 5.97. The van der Waals surface area contributed by atoms with Gasteiger partial charge in [-0.15, -0.1) is 6.42 Å². The Morgan fingerprint density at radius 3 is 2.84 bits per heavy atom. The van der Waals surface area contributed by atoms with E-state index in [9.17, 15) is 0 Å². The molecule has 2 aromatic rings. The SMILES string of the molecule is C#CCOc1c(I)cc(/C=N\OCc2ccccc2C#N)cc1OC. The summed E-state index contributed by atoms with van der Waals surface area (Å²) in [7, 11) is 1.56. The maximum absolute atomic E-state index is 9.05. The third-order valence-corrected chi connectivity index (χ3v) is 3.99. The van der Waals surface area contributed by atoms with Crippen LogP contribution in [0.5, 0.6) is 11.5 Å². The van der Waals surface area contributed by atoms with Crippen LogP contribution in [-0.2, 0) is 11.4 Å². The maximum atomic E-state index is 9.05. The van der Waals surface area contributed by atoms with Crippen LogP contribution in [0, 0.1) is 27.2 Å². The highest BCUT2D eigenvalue weighted by Crippen LogP contribution is 2.33. The molecule has 0 bridgehead atoms. The van der Waals surface area contributed by atoms with Crippen molar-refractivity contribution in [3.05, 3.63) is 56.7 Å². The summed E-state index contributed by atoms with van der Waals surface area (Å²) in [4.78, 5) is 5.29. The Balaban J connectivity index is 2.07. The molecule has 0 unspecified atom stereocenters. The third-order valence-electron chi connectivity index (χ3n) is 3.19. The van der Waals surface area contributed by atoms with Crippen LogP contribution in [0.25, 0.3) is 0 Å². The highest BCUT2D eigenvalue weighted by atomic mass is 127. The van der Waals surface area contributed by atoms with Crippen LogP contribution in [0.1, 0.15) is 16.7 Å². The zero-order valence-corrected chi connectivity index (χ0v) is 15.7. The Morgan fingerprint density at radius 2 is 2.12 bits per heavy atom. The van der Waals surface area contributed by atoms with Crippen molar-refractivity contribution in [1.82, 2.24) is 0 Å². The molecule has 0 aliphatic carbocycles. The summed E-state index contributed by atoms with van der Waals surface area (Å²) in [6.45, 7) is 0.388. The minimum absolute atomic E-state index is 0.168. The van der Waals surface area contributed by atoms with E-state index in [0.29, 0.717) is 17.1 Å². The van der Waals surface area contributed by atoms with Gasteiger partial charge >= 0.3 is 0 Å². The molecule has 0 radical (unpaired) electrons. The summed E-state index contributed by atoms with van der Waals surface area (Å²) in [5.41, 5.74) is 2.15. The molecule has 0 aromatic heterocycles. The van der Waals surface area contributed by atoms with Gasteiger partial charge in [0, 0.05) is 11.1 Å². The predicted octanol–water partition coefficient (Wildman–Crippen LogP) is 3.73. The van der Waals surface area contributed by atoms with Gasteiger partial charge in [0.2, 0.25) is 0 Å². The summed E-state index contributed by atoms with van der Waals surface area (Å²) in [6.07, 6.45) is 6.80. The van der Waals surface area contributed by atoms with Crippen molar-refractivity contribution in [1.29, 1.82) is 5.26 Å². The van der Waals surface area contributed by atoms with Gasteiger partial charge in [-0.3, -0.25) is 0 Å². The van der Waals surface area contributed by atoms with E-state index in [1.807, 2.05) is 24.3 Å². The Labute approximate surface area is 160 Å². The van der Waals surface area contributed by atoms with E-state index in [2.05, 4.69) is 39.7 Å². The number of hydrogen-bond donors (Lipinski definition) is 0.